The number of ether oxygens (including phenoxy) is 1. The molecule has 1 amide bonds. The van der Waals surface area contributed by atoms with Gasteiger partial charge in [0.2, 0.25) is 0 Å². The molecule has 2 aromatic heterocycles. The number of hydrogen-bond donors (Lipinski definition) is 2. The predicted octanol–water partition coefficient (Wildman–Crippen LogP) is 3.50. The van der Waals surface area contributed by atoms with Gasteiger partial charge in [0.05, 0.1) is 11.5 Å². The van der Waals surface area contributed by atoms with E-state index in [1.807, 2.05) is 17.5 Å². The van der Waals surface area contributed by atoms with Crippen molar-refractivity contribution in [2.75, 3.05) is 18.5 Å². The van der Waals surface area contributed by atoms with Crippen molar-refractivity contribution in [3.63, 3.8) is 0 Å². The van der Waals surface area contributed by atoms with Crippen LogP contribution < -0.4 is 10.1 Å². The van der Waals surface area contributed by atoms with Crippen LogP contribution in [0.15, 0.2) is 47.2 Å². The van der Waals surface area contributed by atoms with Crippen molar-refractivity contribution in [1.29, 1.82) is 0 Å². The van der Waals surface area contributed by atoms with Crippen molar-refractivity contribution < 1.29 is 14.6 Å². The topological polar surface area (TPSA) is 71.5 Å². The fraction of sp³-hybridized carbons (Fsp3) is 0.125. The van der Waals surface area contributed by atoms with Crippen molar-refractivity contribution in [1.82, 2.24) is 4.98 Å². The number of aliphatic hydroxyl groups excluding tert-OH is 1. The standard InChI is InChI=1S/C16H14N2O3S2/c19-7-8-21-12-5-3-11(4-6-12)17-15(20)13-10-23-16(18-13)14-2-1-9-22-14/h1-6,9-10,19H,7-8H2,(H,17,20). The first-order chi connectivity index (χ1) is 11.3. The molecule has 0 unspecified atom stereocenters. The lowest BCUT2D eigenvalue weighted by Crippen LogP contribution is -2.12. The zero-order valence-electron chi connectivity index (χ0n) is 12.1. The fourth-order valence-electron chi connectivity index (χ4n) is 1.88. The first-order valence-electron chi connectivity index (χ1n) is 6.91. The fourth-order valence-corrected chi connectivity index (χ4v) is 3.50. The summed E-state index contributed by atoms with van der Waals surface area (Å²) in [6.45, 7) is 0.213. The first kappa shape index (κ1) is 15.7. The highest BCUT2D eigenvalue weighted by Crippen LogP contribution is 2.28. The van der Waals surface area contributed by atoms with Crippen molar-refractivity contribution in [3.8, 4) is 15.6 Å². The Labute approximate surface area is 141 Å². The number of carbonyl (C=O) groups excluding carboxylic acids is 1. The van der Waals surface area contributed by atoms with Crippen LogP contribution in [0.3, 0.4) is 0 Å². The molecule has 0 bridgehead atoms. The van der Waals surface area contributed by atoms with Gasteiger partial charge in [0, 0.05) is 11.1 Å². The molecule has 0 atom stereocenters. The van der Waals surface area contributed by atoms with E-state index >= 15 is 0 Å². The molecule has 0 aliphatic carbocycles. The van der Waals surface area contributed by atoms with Gasteiger partial charge in [-0.3, -0.25) is 4.79 Å². The van der Waals surface area contributed by atoms with Crippen LogP contribution in [0.4, 0.5) is 5.69 Å². The zero-order valence-corrected chi connectivity index (χ0v) is 13.7. The van der Waals surface area contributed by atoms with Crippen molar-refractivity contribution >= 4 is 34.3 Å². The van der Waals surface area contributed by atoms with Crippen LogP contribution in [0.1, 0.15) is 10.5 Å². The maximum Gasteiger partial charge on any atom is 0.275 e. The quantitative estimate of drug-likeness (QED) is 0.717. The molecule has 0 saturated heterocycles. The van der Waals surface area contributed by atoms with Crippen molar-refractivity contribution in [2.45, 2.75) is 0 Å². The molecule has 0 spiro atoms. The molecular weight excluding hydrogens is 332 g/mol. The maximum atomic E-state index is 12.2. The van der Waals surface area contributed by atoms with Crippen LogP contribution in [-0.2, 0) is 0 Å². The van der Waals surface area contributed by atoms with E-state index in [4.69, 9.17) is 9.84 Å². The Hall–Kier alpha value is -2.22. The number of aromatic nitrogens is 1. The summed E-state index contributed by atoms with van der Waals surface area (Å²) in [4.78, 5) is 17.7. The minimum atomic E-state index is -0.243. The normalized spacial score (nSPS) is 10.5. The van der Waals surface area contributed by atoms with E-state index in [-0.39, 0.29) is 19.1 Å². The molecule has 0 aliphatic rings. The second-order valence-corrected chi connectivity index (χ2v) is 6.37. The van der Waals surface area contributed by atoms with Gasteiger partial charge in [-0.25, -0.2) is 4.98 Å². The Morgan fingerprint density at radius 3 is 2.74 bits per heavy atom. The summed E-state index contributed by atoms with van der Waals surface area (Å²) in [6, 6.07) is 10.9. The Kier molecular flexibility index (Phi) is 5.02. The lowest BCUT2D eigenvalue weighted by atomic mass is 10.3. The Balaban J connectivity index is 1.65. The van der Waals surface area contributed by atoms with Crippen molar-refractivity contribution in [2.24, 2.45) is 0 Å². The number of hydrogen-bond acceptors (Lipinski definition) is 6. The monoisotopic (exact) mass is 346 g/mol. The van der Waals surface area contributed by atoms with Crippen LogP contribution in [0.2, 0.25) is 0 Å². The molecule has 3 rings (SSSR count). The number of anilines is 1. The maximum absolute atomic E-state index is 12.2. The van der Waals surface area contributed by atoms with Gasteiger partial charge in [0.25, 0.3) is 5.91 Å². The minimum Gasteiger partial charge on any atom is -0.491 e. The van der Waals surface area contributed by atoms with Gasteiger partial charge in [-0.2, -0.15) is 0 Å². The smallest absolute Gasteiger partial charge is 0.275 e. The van der Waals surface area contributed by atoms with E-state index < -0.39 is 0 Å². The Morgan fingerprint density at radius 1 is 1.22 bits per heavy atom. The highest BCUT2D eigenvalue weighted by molar-refractivity contribution is 7.20. The van der Waals surface area contributed by atoms with Gasteiger partial charge in [-0.1, -0.05) is 6.07 Å². The summed E-state index contributed by atoms with van der Waals surface area (Å²) >= 11 is 3.05. The molecule has 0 aliphatic heterocycles. The molecule has 0 radical (unpaired) electrons. The number of thiazole rings is 1. The molecule has 5 nitrogen and oxygen atoms in total. The van der Waals surface area contributed by atoms with Crippen molar-refractivity contribution in [3.05, 3.63) is 52.9 Å². The van der Waals surface area contributed by atoms with Crippen LogP contribution in [0, 0.1) is 0 Å². The summed E-state index contributed by atoms with van der Waals surface area (Å²) in [5.74, 6) is 0.402. The average Bonchev–Trinajstić information content (AvgIpc) is 3.25. The number of carbonyl (C=O) groups is 1. The minimum absolute atomic E-state index is 0.0329. The SMILES string of the molecule is O=C(Nc1ccc(OCCO)cc1)c1csc(-c2cccs2)n1. The molecule has 3 aromatic rings. The second kappa shape index (κ2) is 7.36. The van der Waals surface area contributed by atoms with E-state index in [2.05, 4.69) is 10.3 Å². The van der Waals surface area contributed by atoms with Crippen LogP contribution in [-0.4, -0.2) is 29.2 Å². The molecule has 1 aromatic carbocycles. The van der Waals surface area contributed by atoms with Gasteiger partial charge in [0.1, 0.15) is 23.1 Å². The van der Waals surface area contributed by atoms with Gasteiger partial charge < -0.3 is 15.2 Å². The van der Waals surface area contributed by atoms with Crippen LogP contribution in [0.25, 0.3) is 9.88 Å². The molecule has 2 heterocycles. The highest BCUT2D eigenvalue weighted by atomic mass is 32.1. The van der Waals surface area contributed by atoms with E-state index in [1.54, 1.807) is 41.0 Å². The molecule has 118 valence electrons. The van der Waals surface area contributed by atoms with Gasteiger partial charge in [0.15, 0.2) is 0 Å². The zero-order chi connectivity index (χ0) is 16.1. The first-order valence-corrected chi connectivity index (χ1v) is 8.66. The molecule has 2 N–H and O–H groups in total. The van der Waals surface area contributed by atoms with Gasteiger partial charge in [-0.05, 0) is 35.7 Å². The third kappa shape index (κ3) is 3.95. The molecule has 7 heteroatoms. The summed E-state index contributed by atoms with van der Waals surface area (Å²) in [5, 5.41) is 16.1. The summed E-state index contributed by atoms with van der Waals surface area (Å²) in [7, 11) is 0. The number of nitrogens with one attached hydrogen (secondary N) is 1. The second-order valence-electron chi connectivity index (χ2n) is 4.57. The number of amides is 1. The lowest BCUT2D eigenvalue weighted by molar-refractivity contribution is 0.102. The number of thiophene rings is 1. The molecule has 0 saturated carbocycles. The third-order valence-electron chi connectivity index (χ3n) is 2.94. The largest absolute Gasteiger partial charge is 0.491 e. The van der Waals surface area contributed by atoms with E-state index in [0.717, 1.165) is 9.88 Å². The van der Waals surface area contributed by atoms with Gasteiger partial charge >= 0.3 is 0 Å². The van der Waals surface area contributed by atoms with E-state index in [9.17, 15) is 4.79 Å². The summed E-state index contributed by atoms with van der Waals surface area (Å²) in [5.41, 5.74) is 1.07. The molecule has 23 heavy (non-hydrogen) atoms. The number of aliphatic hydroxyl groups is 1. The predicted molar refractivity (Wildman–Crippen MR) is 92.4 cm³/mol. The highest BCUT2D eigenvalue weighted by Gasteiger charge is 2.12. The molecular formula is C16H14N2O3S2. The Morgan fingerprint density at radius 2 is 2.04 bits per heavy atom. The van der Waals surface area contributed by atoms with E-state index in [1.165, 1.54) is 11.3 Å². The van der Waals surface area contributed by atoms with E-state index in [0.29, 0.717) is 17.1 Å². The van der Waals surface area contributed by atoms with Crippen LogP contribution in [0.5, 0.6) is 5.75 Å². The summed E-state index contributed by atoms with van der Waals surface area (Å²) in [6.07, 6.45) is 0. The summed E-state index contributed by atoms with van der Waals surface area (Å²) < 4.78 is 5.27. The number of benzene rings is 1. The Bertz CT molecular complexity index is 767. The lowest BCUT2D eigenvalue weighted by Gasteiger charge is -2.06. The average molecular weight is 346 g/mol. The third-order valence-corrected chi connectivity index (χ3v) is 4.82. The number of nitrogens with zero attached hydrogens (tertiary/aromatic N) is 1. The van der Waals surface area contributed by atoms with Gasteiger partial charge in [-0.15, -0.1) is 22.7 Å². The van der Waals surface area contributed by atoms with Crippen LogP contribution >= 0.6 is 22.7 Å². The number of rotatable bonds is 6. The molecule has 0 fully saturated rings.